The molecule has 0 saturated carbocycles. The monoisotopic (exact) mass is 433 g/mol. The van der Waals surface area contributed by atoms with Gasteiger partial charge >= 0.3 is 23.9 Å². The molecule has 12 heteroatoms. The first-order chi connectivity index (χ1) is 14.7. The van der Waals surface area contributed by atoms with Crippen LogP contribution < -0.4 is 0 Å². The van der Waals surface area contributed by atoms with Crippen LogP contribution in [0.15, 0.2) is 36.2 Å². The quantitative estimate of drug-likeness (QED) is 0.483. The zero-order valence-electron chi connectivity index (χ0n) is 17.1. The van der Waals surface area contributed by atoms with Crippen LogP contribution in [-0.2, 0) is 38.2 Å². The van der Waals surface area contributed by atoms with Crippen molar-refractivity contribution in [1.29, 1.82) is 0 Å². The summed E-state index contributed by atoms with van der Waals surface area (Å²) < 4.78 is 22.1. The number of rotatable bonds is 6. The summed E-state index contributed by atoms with van der Waals surface area (Å²) >= 11 is 0. The van der Waals surface area contributed by atoms with Gasteiger partial charge in [-0.3, -0.25) is 19.0 Å². The van der Waals surface area contributed by atoms with Crippen LogP contribution in [0.4, 0.5) is 0 Å². The number of carbonyl (C=O) groups is 4. The summed E-state index contributed by atoms with van der Waals surface area (Å²) in [4.78, 5) is 56.0. The first kappa shape index (κ1) is 21.6. The Hall–Kier alpha value is -4.09. The molecule has 0 amide bonds. The van der Waals surface area contributed by atoms with E-state index in [1.807, 2.05) is 0 Å². The fraction of sp³-hybridized carbons (Fsp3) is 0.316. The number of hydrogen-bond donors (Lipinski definition) is 0. The van der Waals surface area contributed by atoms with E-state index in [1.54, 1.807) is 18.2 Å². The minimum Gasteiger partial charge on any atom is -0.465 e. The van der Waals surface area contributed by atoms with Crippen LogP contribution in [0.2, 0.25) is 0 Å². The first-order valence-corrected chi connectivity index (χ1v) is 8.96. The van der Waals surface area contributed by atoms with Crippen molar-refractivity contribution in [2.24, 2.45) is 0 Å². The second kappa shape index (κ2) is 8.73. The highest BCUT2D eigenvalue weighted by molar-refractivity contribution is 6.01. The maximum Gasteiger partial charge on any atom is 0.340 e. The van der Waals surface area contributed by atoms with Gasteiger partial charge in [0.1, 0.15) is 11.8 Å². The van der Waals surface area contributed by atoms with E-state index in [0.29, 0.717) is 11.0 Å². The molecule has 2 heterocycles. The van der Waals surface area contributed by atoms with Gasteiger partial charge < -0.3 is 23.8 Å². The number of nitrogens with zero attached hydrogens (tertiary/aromatic N) is 3. The number of hydroxylamine groups is 2. The predicted octanol–water partition coefficient (Wildman–Crippen LogP) is 1.38. The molecule has 0 bridgehead atoms. The second-order valence-electron chi connectivity index (χ2n) is 6.27. The number of aromatic nitrogens is 2. The lowest BCUT2D eigenvalue weighted by Crippen LogP contribution is -2.31. The summed E-state index contributed by atoms with van der Waals surface area (Å²) in [6.07, 6.45) is 0.139. The lowest BCUT2D eigenvalue weighted by molar-refractivity contribution is -0.234. The number of imidazole rings is 1. The Bertz CT molecular complexity index is 1090. The average molecular weight is 433 g/mol. The van der Waals surface area contributed by atoms with Crippen molar-refractivity contribution in [2.75, 3.05) is 13.7 Å². The highest BCUT2D eigenvalue weighted by Crippen LogP contribution is 2.36. The summed E-state index contributed by atoms with van der Waals surface area (Å²) in [5, 5.41) is 0.911. The Labute approximate surface area is 175 Å². The van der Waals surface area contributed by atoms with E-state index in [4.69, 9.17) is 23.8 Å². The number of esters is 3. The molecule has 164 valence electrons. The third kappa shape index (κ3) is 4.42. The molecule has 0 aliphatic carbocycles. The number of ether oxygens (including phenoxy) is 4. The van der Waals surface area contributed by atoms with Gasteiger partial charge in [0, 0.05) is 20.8 Å². The molecule has 0 radical (unpaired) electrons. The number of hydrogen-bond acceptors (Lipinski definition) is 11. The third-order valence-corrected chi connectivity index (χ3v) is 4.01. The van der Waals surface area contributed by atoms with E-state index in [9.17, 15) is 19.2 Å². The topological polar surface area (TPSA) is 135 Å². The minimum absolute atomic E-state index is 0.0670. The second-order valence-corrected chi connectivity index (χ2v) is 6.27. The Kier molecular flexibility index (Phi) is 6.09. The largest absolute Gasteiger partial charge is 0.465 e. The Morgan fingerprint density at radius 3 is 2.45 bits per heavy atom. The molecule has 3 rings (SSSR count). The van der Waals surface area contributed by atoms with Gasteiger partial charge in [0.25, 0.3) is 12.2 Å². The summed E-state index contributed by atoms with van der Waals surface area (Å²) in [5.41, 5.74) is 0.952. The van der Waals surface area contributed by atoms with Gasteiger partial charge in [0.15, 0.2) is 6.61 Å². The smallest absolute Gasteiger partial charge is 0.340 e. The highest BCUT2D eigenvalue weighted by Gasteiger charge is 2.41. The number of methoxy groups -OCH3 is 1. The van der Waals surface area contributed by atoms with Crippen LogP contribution >= 0.6 is 0 Å². The van der Waals surface area contributed by atoms with Gasteiger partial charge in [-0.15, -0.1) is 5.06 Å². The van der Waals surface area contributed by atoms with Gasteiger partial charge in [0.2, 0.25) is 5.76 Å². The maximum absolute atomic E-state index is 12.0. The zero-order chi connectivity index (χ0) is 22.7. The van der Waals surface area contributed by atoms with Crippen molar-refractivity contribution in [1.82, 2.24) is 14.6 Å². The molecule has 1 atom stereocenters. The van der Waals surface area contributed by atoms with E-state index in [-0.39, 0.29) is 23.8 Å². The van der Waals surface area contributed by atoms with Crippen molar-refractivity contribution < 1.29 is 43.0 Å². The van der Waals surface area contributed by atoms with Gasteiger partial charge in [-0.1, -0.05) is 6.07 Å². The zero-order valence-corrected chi connectivity index (χ0v) is 17.1. The maximum atomic E-state index is 12.0. The molecule has 12 nitrogen and oxygen atoms in total. The van der Waals surface area contributed by atoms with E-state index >= 15 is 0 Å². The lowest BCUT2D eigenvalue weighted by Gasteiger charge is -2.24. The van der Waals surface area contributed by atoms with Crippen molar-refractivity contribution in [3.8, 4) is 0 Å². The summed E-state index contributed by atoms with van der Waals surface area (Å²) in [7, 11) is 1.25. The Morgan fingerprint density at radius 1 is 1.10 bits per heavy atom. The molecular weight excluding hydrogens is 414 g/mol. The van der Waals surface area contributed by atoms with E-state index in [2.05, 4.69) is 4.98 Å². The van der Waals surface area contributed by atoms with E-state index in [1.165, 1.54) is 24.9 Å². The van der Waals surface area contributed by atoms with Crippen LogP contribution in [0.25, 0.3) is 11.0 Å². The van der Waals surface area contributed by atoms with Crippen LogP contribution in [-0.4, -0.2) is 52.2 Å². The standard InChI is InChI=1S/C19H19N3O9/c1-10(23)28-8-15-17(29-11(2)24)22(31-12(3)25)19(30-15)21-9-20-16-13(18(26)27-4)6-5-7-14(16)21/h5-7,9,19H,8H2,1-4H3. The van der Waals surface area contributed by atoms with Gasteiger partial charge in [-0.2, -0.15) is 0 Å². The number of benzene rings is 1. The number of carbonyl (C=O) groups excluding carboxylic acids is 4. The first-order valence-electron chi connectivity index (χ1n) is 8.96. The van der Waals surface area contributed by atoms with Crippen LogP contribution in [0.3, 0.4) is 0 Å². The fourth-order valence-electron chi connectivity index (χ4n) is 2.85. The molecule has 1 unspecified atom stereocenters. The van der Waals surface area contributed by atoms with Gasteiger partial charge in [0.05, 0.1) is 18.2 Å². The molecule has 1 aliphatic rings. The Balaban J connectivity index is 2.07. The Morgan fingerprint density at radius 2 is 1.84 bits per heavy atom. The van der Waals surface area contributed by atoms with Crippen LogP contribution in [0, 0.1) is 0 Å². The average Bonchev–Trinajstić information content (AvgIpc) is 3.27. The predicted molar refractivity (Wildman–Crippen MR) is 100 cm³/mol. The van der Waals surface area contributed by atoms with Crippen molar-refractivity contribution in [3.63, 3.8) is 0 Å². The molecule has 31 heavy (non-hydrogen) atoms. The van der Waals surface area contributed by atoms with Crippen molar-refractivity contribution in [2.45, 2.75) is 27.1 Å². The normalized spacial score (nSPS) is 15.5. The number of fused-ring (bicyclic) bond motifs is 1. The SMILES string of the molecule is COC(=O)c1cccc2c1ncn2C1OC(COC(C)=O)=C(OC(C)=O)N1OC(C)=O. The fourth-order valence-corrected chi connectivity index (χ4v) is 2.85. The lowest BCUT2D eigenvalue weighted by atomic mass is 10.2. The van der Waals surface area contributed by atoms with Crippen molar-refractivity contribution >= 4 is 34.9 Å². The van der Waals surface area contributed by atoms with E-state index in [0.717, 1.165) is 18.9 Å². The van der Waals surface area contributed by atoms with Crippen LogP contribution in [0.5, 0.6) is 0 Å². The number of para-hydroxylation sites is 1. The van der Waals surface area contributed by atoms with Crippen LogP contribution in [0.1, 0.15) is 37.5 Å². The van der Waals surface area contributed by atoms with E-state index < -0.39 is 30.2 Å². The van der Waals surface area contributed by atoms with Gasteiger partial charge in [-0.25, -0.2) is 9.78 Å². The van der Waals surface area contributed by atoms with Gasteiger partial charge in [-0.05, 0) is 12.1 Å². The highest BCUT2D eigenvalue weighted by atomic mass is 16.8. The molecule has 1 aromatic heterocycles. The molecule has 0 N–H and O–H groups in total. The summed E-state index contributed by atoms with van der Waals surface area (Å²) in [6, 6.07) is 4.80. The van der Waals surface area contributed by atoms with Crippen molar-refractivity contribution in [3.05, 3.63) is 41.7 Å². The molecule has 1 aromatic carbocycles. The molecule has 0 fully saturated rings. The molecular formula is C19H19N3O9. The molecule has 0 spiro atoms. The molecule has 0 saturated heterocycles. The third-order valence-electron chi connectivity index (χ3n) is 4.01. The summed E-state index contributed by atoms with van der Waals surface area (Å²) in [6.45, 7) is 3.10. The minimum atomic E-state index is -1.21. The summed E-state index contributed by atoms with van der Waals surface area (Å²) in [5.74, 6) is -2.97. The molecule has 2 aromatic rings. The molecule has 1 aliphatic heterocycles.